The van der Waals surface area contributed by atoms with E-state index in [1.165, 1.54) is 12.1 Å². The Bertz CT molecular complexity index is 435. The number of hydrogen-bond donors (Lipinski definition) is 0. The van der Waals surface area contributed by atoms with Crippen molar-refractivity contribution in [3.63, 3.8) is 0 Å². The summed E-state index contributed by atoms with van der Waals surface area (Å²) in [4.78, 5) is 13.8. The van der Waals surface area contributed by atoms with Gasteiger partial charge < -0.3 is 4.90 Å². The fourth-order valence-corrected chi connectivity index (χ4v) is 2.87. The monoisotopic (exact) mass is 319 g/mol. The van der Waals surface area contributed by atoms with Crippen molar-refractivity contribution in [2.45, 2.75) is 18.2 Å². The van der Waals surface area contributed by atoms with Gasteiger partial charge in [0.2, 0.25) is 5.91 Å². The summed E-state index contributed by atoms with van der Waals surface area (Å²) < 4.78 is 13.8. The van der Waals surface area contributed by atoms with Crippen molar-refractivity contribution in [2.75, 3.05) is 13.1 Å². The molecule has 1 fully saturated rings. The molecule has 1 aliphatic heterocycles. The summed E-state index contributed by atoms with van der Waals surface area (Å²) in [6, 6.07) is 4.20. The zero-order chi connectivity index (χ0) is 12.4. The smallest absolute Gasteiger partial charge is 0.245 e. The first kappa shape index (κ1) is 12.8. The molecule has 2 rings (SSSR count). The Kier molecular flexibility index (Phi) is 4.05. The Labute approximate surface area is 113 Å². The number of alkyl halides is 1. The maximum absolute atomic E-state index is 13.1. The van der Waals surface area contributed by atoms with Crippen molar-refractivity contribution in [1.82, 2.24) is 4.90 Å². The molecule has 0 aromatic heterocycles. The summed E-state index contributed by atoms with van der Waals surface area (Å²) >= 11 is 9.41. The molecule has 1 atom stereocenters. The molecule has 1 amide bonds. The first-order chi connectivity index (χ1) is 8.09. The maximum Gasteiger partial charge on any atom is 0.245 e. The minimum Gasteiger partial charge on any atom is -0.341 e. The van der Waals surface area contributed by atoms with Crippen molar-refractivity contribution >= 4 is 33.4 Å². The highest BCUT2D eigenvalue weighted by molar-refractivity contribution is 9.10. The minimum atomic E-state index is -0.821. The lowest BCUT2D eigenvalue weighted by Crippen LogP contribution is -2.30. The average Bonchev–Trinajstić information content (AvgIpc) is 2.84. The summed E-state index contributed by atoms with van der Waals surface area (Å²) in [5.41, 5.74) is 0.489. The molecular weight excluding hydrogens is 308 g/mol. The van der Waals surface area contributed by atoms with Crippen LogP contribution in [0.5, 0.6) is 0 Å². The van der Waals surface area contributed by atoms with Crippen LogP contribution in [0.3, 0.4) is 0 Å². The van der Waals surface area contributed by atoms with E-state index in [0.29, 0.717) is 10.0 Å². The predicted molar refractivity (Wildman–Crippen MR) is 68.5 cm³/mol. The third kappa shape index (κ3) is 2.80. The minimum absolute atomic E-state index is 0.143. The molecule has 0 spiro atoms. The van der Waals surface area contributed by atoms with Crippen molar-refractivity contribution < 1.29 is 9.18 Å². The normalized spacial score (nSPS) is 17.2. The number of carbonyl (C=O) groups excluding carboxylic acids is 1. The van der Waals surface area contributed by atoms with Crippen LogP contribution >= 0.6 is 27.5 Å². The predicted octanol–water partition coefficient (Wildman–Crippen LogP) is 3.49. The quantitative estimate of drug-likeness (QED) is 0.764. The van der Waals surface area contributed by atoms with Gasteiger partial charge in [0, 0.05) is 17.6 Å². The summed E-state index contributed by atoms with van der Waals surface area (Å²) in [5.74, 6) is -0.529. The van der Waals surface area contributed by atoms with E-state index in [4.69, 9.17) is 11.6 Å². The number of halogens is 3. The van der Waals surface area contributed by atoms with Gasteiger partial charge in [-0.2, -0.15) is 0 Å². The van der Waals surface area contributed by atoms with Crippen LogP contribution in [0.15, 0.2) is 22.7 Å². The first-order valence-corrected chi connectivity index (χ1v) is 6.70. The van der Waals surface area contributed by atoms with Crippen molar-refractivity contribution in [3.8, 4) is 0 Å². The molecule has 5 heteroatoms. The second kappa shape index (κ2) is 5.36. The molecule has 0 bridgehead atoms. The van der Waals surface area contributed by atoms with Gasteiger partial charge in [0.25, 0.3) is 0 Å². The molecule has 1 heterocycles. The Morgan fingerprint density at radius 1 is 1.41 bits per heavy atom. The summed E-state index contributed by atoms with van der Waals surface area (Å²) in [7, 11) is 0. The zero-order valence-corrected chi connectivity index (χ0v) is 11.5. The summed E-state index contributed by atoms with van der Waals surface area (Å²) in [6.07, 6.45) is 2.03. The van der Waals surface area contributed by atoms with Gasteiger partial charge in [0.1, 0.15) is 11.2 Å². The van der Waals surface area contributed by atoms with Gasteiger partial charge in [0.15, 0.2) is 0 Å². The fourth-order valence-electron chi connectivity index (χ4n) is 1.94. The van der Waals surface area contributed by atoms with Gasteiger partial charge in [-0.15, -0.1) is 11.6 Å². The van der Waals surface area contributed by atoms with Crippen LogP contribution < -0.4 is 0 Å². The van der Waals surface area contributed by atoms with Crippen LogP contribution in [0.25, 0.3) is 0 Å². The highest BCUT2D eigenvalue weighted by Crippen LogP contribution is 2.31. The SMILES string of the molecule is O=C(C(Cl)c1cc(F)ccc1Br)N1CCCC1. The van der Waals surface area contributed by atoms with E-state index in [2.05, 4.69) is 15.9 Å². The van der Waals surface area contributed by atoms with Gasteiger partial charge in [-0.25, -0.2) is 4.39 Å². The second-order valence-corrected chi connectivity index (χ2v) is 5.35. The molecule has 0 radical (unpaired) electrons. The lowest BCUT2D eigenvalue weighted by Gasteiger charge is -2.19. The number of amides is 1. The molecule has 17 heavy (non-hydrogen) atoms. The highest BCUT2D eigenvalue weighted by Gasteiger charge is 2.27. The van der Waals surface area contributed by atoms with Crippen LogP contribution in [0.2, 0.25) is 0 Å². The van der Waals surface area contributed by atoms with Crippen LogP contribution in [0.4, 0.5) is 4.39 Å². The van der Waals surface area contributed by atoms with E-state index in [1.807, 2.05) is 0 Å². The van der Waals surface area contributed by atoms with Crippen LogP contribution in [-0.2, 0) is 4.79 Å². The lowest BCUT2D eigenvalue weighted by molar-refractivity contribution is -0.129. The van der Waals surface area contributed by atoms with E-state index in [1.54, 1.807) is 11.0 Å². The van der Waals surface area contributed by atoms with Gasteiger partial charge >= 0.3 is 0 Å². The van der Waals surface area contributed by atoms with Crippen molar-refractivity contribution in [1.29, 1.82) is 0 Å². The van der Waals surface area contributed by atoms with Crippen LogP contribution in [-0.4, -0.2) is 23.9 Å². The molecule has 0 aliphatic carbocycles. The lowest BCUT2D eigenvalue weighted by atomic mass is 10.1. The van der Waals surface area contributed by atoms with Gasteiger partial charge in [-0.05, 0) is 36.6 Å². The molecule has 1 aliphatic rings. The molecule has 0 saturated carbocycles. The van der Waals surface area contributed by atoms with Gasteiger partial charge in [0.05, 0.1) is 0 Å². The number of benzene rings is 1. The number of likely N-dealkylation sites (tertiary alicyclic amines) is 1. The van der Waals surface area contributed by atoms with E-state index < -0.39 is 5.38 Å². The Balaban J connectivity index is 2.20. The summed E-state index contributed by atoms with van der Waals surface area (Å²) in [6.45, 7) is 1.49. The first-order valence-electron chi connectivity index (χ1n) is 5.47. The Morgan fingerprint density at radius 2 is 2.06 bits per heavy atom. The van der Waals surface area contributed by atoms with Gasteiger partial charge in [-0.1, -0.05) is 15.9 Å². The average molecular weight is 321 g/mol. The highest BCUT2D eigenvalue weighted by atomic mass is 79.9. The van der Waals surface area contributed by atoms with Crippen molar-refractivity contribution in [2.24, 2.45) is 0 Å². The molecular formula is C12H12BrClFNO. The van der Waals surface area contributed by atoms with E-state index in [0.717, 1.165) is 25.9 Å². The molecule has 1 aromatic rings. The number of nitrogens with zero attached hydrogens (tertiary/aromatic N) is 1. The molecule has 1 saturated heterocycles. The molecule has 1 unspecified atom stereocenters. The van der Waals surface area contributed by atoms with E-state index in [9.17, 15) is 9.18 Å². The molecule has 0 N–H and O–H groups in total. The third-order valence-corrected chi connectivity index (χ3v) is 4.01. The Morgan fingerprint density at radius 3 is 2.71 bits per heavy atom. The molecule has 92 valence electrons. The number of rotatable bonds is 2. The number of hydrogen-bond acceptors (Lipinski definition) is 1. The standard InChI is InChI=1S/C12H12BrClFNO/c13-10-4-3-8(15)7-9(10)11(14)12(17)16-5-1-2-6-16/h3-4,7,11H,1-2,5-6H2. The van der Waals surface area contributed by atoms with E-state index in [-0.39, 0.29) is 11.7 Å². The van der Waals surface area contributed by atoms with Gasteiger partial charge in [-0.3, -0.25) is 4.79 Å². The number of carbonyl (C=O) groups is 1. The largest absolute Gasteiger partial charge is 0.341 e. The maximum atomic E-state index is 13.1. The zero-order valence-electron chi connectivity index (χ0n) is 9.13. The second-order valence-electron chi connectivity index (χ2n) is 4.06. The molecule has 1 aromatic carbocycles. The van der Waals surface area contributed by atoms with Crippen LogP contribution in [0, 0.1) is 5.82 Å². The fraction of sp³-hybridized carbons (Fsp3) is 0.417. The van der Waals surface area contributed by atoms with E-state index >= 15 is 0 Å². The Hall–Kier alpha value is -0.610. The molecule has 2 nitrogen and oxygen atoms in total. The third-order valence-electron chi connectivity index (χ3n) is 2.87. The van der Waals surface area contributed by atoms with Crippen LogP contribution in [0.1, 0.15) is 23.8 Å². The van der Waals surface area contributed by atoms with Crippen molar-refractivity contribution in [3.05, 3.63) is 34.1 Å². The topological polar surface area (TPSA) is 20.3 Å². The summed E-state index contributed by atoms with van der Waals surface area (Å²) in [5, 5.41) is -0.821.